The molecule has 4 nitrogen and oxygen atoms in total. The van der Waals surface area contributed by atoms with Gasteiger partial charge in [-0.2, -0.15) is 0 Å². The van der Waals surface area contributed by atoms with Crippen molar-refractivity contribution < 1.29 is 9.59 Å². The van der Waals surface area contributed by atoms with E-state index in [1.807, 2.05) is 25.2 Å². The first-order valence-electron chi connectivity index (χ1n) is 9.46. The number of anilines is 1. The summed E-state index contributed by atoms with van der Waals surface area (Å²) in [7, 11) is 1.83. The van der Waals surface area contributed by atoms with Crippen LogP contribution in [0.3, 0.4) is 0 Å². The van der Waals surface area contributed by atoms with Crippen molar-refractivity contribution in [1.29, 1.82) is 0 Å². The standard InChI is InChI=1S/C22H25ClN2O2/c1-25(15-16-8-4-2-5-9-16)22(27)19-13-12-18(14-20(19)23)24-21(26)17-10-6-3-7-11-17/h3,6-7,10-14,16H,2,4-5,8-9,15H2,1H3,(H,24,26). The highest BCUT2D eigenvalue weighted by Crippen LogP contribution is 2.26. The number of nitrogens with one attached hydrogen (secondary N) is 1. The molecule has 1 fully saturated rings. The highest BCUT2D eigenvalue weighted by molar-refractivity contribution is 6.34. The number of amides is 2. The molecule has 0 aliphatic heterocycles. The van der Waals surface area contributed by atoms with Crippen molar-refractivity contribution in [3.05, 3.63) is 64.7 Å². The van der Waals surface area contributed by atoms with E-state index in [9.17, 15) is 9.59 Å². The van der Waals surface area contributed by atoms with Crippen LogP contribution >= 0.6 is 11.6 Å². The molecule has 0 radical (unpaired) electrons. The van der Waals surface area contributed by atoms with Gasteiger partial charge in [-0.3, -0.25) is 9.59 Å². The van der Waals surface area contributed by atoms with Gasteiger partial charge < -0.3 is 10.2 Å². The number of rotatable bonds is 5. The van der Waals surface area contributed by atoms with Crippen LogP contribution in [0.5, 0.6) is 0 Å². The van der Waals surface area contributed by atoms with Gasteiger partial charge in [0.15, 0.2) is 0 Å². The fraction of sp³-hybridized carbons (Fsp3) is 0.364. The first kappa shape index (κ1) is 19.4. The van der Waals surface area contributed by atoms with Crippen molar-refractivity contribution in [3.63, 3.8) is 0 Å². The third-order valence-corrected chi connectivity index (χ3v) is 5.41. The van der Waals surface area contributed by atoms with E-state index in [0.29, 0.717) is 27.8 Å². The summed E-state index contributed by atoms with van der Waals surface area (Å²) >= 11 is 6.34. The number of carbonyl (C=O) groups excluding carboxylic acids is 2. The summed E-state index contributed by atoms with van der Waals surface area (Å²) in [6.07, 6.45) is 6.19. The maximum Gasteiger partial charge on any atom is 0.255 e. The van der Waals surface area contributed by atoms with Crippen LogP contribution < -0.4 is 5.32 Å². The SMILES string of the molecule is CN(CC1CCCCC1)C(=O)c1ccc(NC(=O)c2ccccc2)cc1Cl. The largest absolute Gasteiger partial charge is 0.341 e. The maximum atomic E-state index is 12.7. The lowest BCUT2D eigenvalue weighted by molar-refractivity contribution is 0.0760. The third kappa shape index (κ3) is 5.10. The Balaban J connectivity index is 1.65. The highest BCUT2D eigenvalue weighted by Gasteiger charge is 2.21. The molecule has 0 unspecified atom stereocenters. The van der Waals surface area contributed by atoms with E-state index < -0.39 is 0 Å². The van der Waals surface area contributed by atoms with Gasteiger partial charge in [-0.05, 0) is 49.1 Å². The van der Waals surface area contributed by atoms with Crippen LogP contribution in [-0.2, 0) is 0 Å². The zero-order valence-electron chi connectivity index (χ0n) is 15.6. The first-order chi connectivity index (χ1) is 13.0. The third-order valence-electron chi connectivity index (χ3n) is 5.10. The Morgan fingerprint density at radius 1 is 1.07 bits per heavy atom. The minimum atomic E-state index is -0.208. The molecule has 0 saturated heterocycles. The van der Waals surface area contributed by atoms with Crippen LogP contribution in [0, 0.1) is 5.92 Å². The molecule has 0 heterocycles. The molecule has 2 aromatic carbocycles. The van der Waals surface area contributed by atoms with Gasteiger partial charge in [0.1, 0.15) is 0 Å². The van der Waals surface area contributed by atoms with E-state index in [4.69, 9.17) is 11.6 Å². The lowest BCUT2D eigenvalue weighted by Crippen LogP contribution is -2.32. The second-order valence-electron chi connectivity index (χ2n) is 7.20. The molecule has 2 aromatic rings. The Kier molecular flexibility index (Phi) is 6.51. The van der Waals surface area contributed by atoms with Crippen molar-refractivity contribution in [2.75, 3.05) is 18.9 Å². The van der Waals surface area contributed by atoms with Gasteiger partial charge in [0, 0.05) is 24.8 Å². The molecule has 1 aliphatic rings. The van der Waals surface area contributed by atoms with Gasteiger partial charge in [-0.1, -0.05) is 49.1 Å². The van der Waals surface area contributed by atoms with Gasteiger partial charge in [-0.15, -0.1) is 0 Å². The second-order valence-corrected chi connectivity index (χ2v) is 7.61. The topological polar surface area (TPSA) is 49.4 Å². The van der Waals surface area contributed by atoms with Crippen molar-refractivity contribution >= 4 is 29.1 Å². The van der Waals surface area contributed by atoms with E-state index in [2.05, 4.69) is 5.32 Å². The molecule has 2 amide bonds. The summed E-state index contributed by atoms with van der Waals surface area (Å²) < 4.78 is 0. The molecule has 0 bridgehead atoms. The van der Waals surface area contributed by atoms with Crippen LogP contribution in [0.25, 0.3) is 0 Å². The minimum Gasteiger partial charge on any atom is -0.341 e. The summed E-state index contributed by atoms with van der Waals surface area (Å²) in [4.78, 5) is 26.8. The maximum absolute atomic E-state index is 12.7. The molecule has 5 heteroatoms. The first-order valence-corrected chi connectivity index (χ1v) is 9.84. The van der Waals surface area contributed by atoms with Crippen LogP contribution in [0.2, 0.25) is 5.02 Å². The fourth-order valence-corrected chi connectivity index (χ4v) is 3.87. The van der Waals surface area contributed by atoms with Crippen LogP contribution in [-0.4, -0.2) is 30.3 Å². The molecule has 0 atom stereocenters. The molecule has 142 valence electrons. The smallest absolute Gasteiger partial charge is 0.255 e. The Bertz CT molecular complexity index is 801. The average molecular weight is 385 g/mol. The quantitative estimate of drug-likeness (QED) is 0.765. The predicted octanol–water partition coefficient (Wildman–Crippen LogP) is 5.24. The van der Waals surface area contributed by atoms with E-state index in [1.54, 1.807) is 35.2 Å². The number of carbonyl (C=O) groups is 2. The second kappa shape index (κ2) is 9.05. The lowest BCUT2D eigenvalue weighted by atomic mass is 9.89. The van der Waals surface area contributed by atoms with E-state index in [-0.39, 0.29) is 11.8 Å². The van der Waals surface area contributed by atoms with E-state index in [0.717, 1.165) is 6.54 Å². The zero-order chi connectivity index (χ0) is 19.2. The summed E-state index contributed by atoms with van der Waals surface area (Å²) in [5, 5.41) is 3.16. The monoisotopic (exact) mass is 384 g/mol. The number of halogens is 1. The Labute approximate surface area is 165 Å². The molecule has 0 spiro atoms. The highest BCUT2D eigenvalue weighted by atomic mass is 35.5. The molecule has 1 aliphatic carbocycles. The zero-order valence-corrected chi connectivity index (χ0v) is 16.3. The van der Waals surface area contributed by atoms with E-state index >= 15 is 0 Å². The van der Waals surface area contributed by atoms with Gasteiger partial charge in [-0.25, -0.2) is 0 Å². The van der Waals surface area contributed by atoms with Crippen LogP contribution in [0.4, 0.5) is 5.69 Å². The Morgan fingerprint density at radius 2 is 1.78 bits per heavy atom. The van der Waals surface area contributed by atoms with Crippen molar-refractivity contribution in [2.24, 2.45) is 5.92 Å². The number of benzene rings is 2. The number of hydrogen-bond donors (Lipinski definition) is 1. The van der Waals surface area contributed by atoms with Gasteiger partial charge >= 0.3 is 0 Å². The fourth-order valence-electron chi connectivity index (χ4n) is 3.60. The summed E-state index contributed by atoms with van der Waals surface area (Å²) in [5.74, 6) is 0.294. The minimum absolute atomic E-state index is 0.0773. The van der Waals surface area contributed by atoms with Gasteiger partial charge in [0.05, 0.1) is 10.6 Å². The van der Waals surface area contributed by atoms with Crippen molar-refractivity contribution in [2.45, 2.75) is 32.1 Å². The number of hydrogen-bond acceptors (Lipinski definition) is 2. The predicted molar refractivity (Wildman–Crippen MR) is 109 cm³/mol. The van der Waals surface area contributed by atoms with Crippen LogP contribution in [0.1, 0.15) is 52.8 Å². The summed E-state index contributed by atoms with van der Waals surface area (Å²) in [5.41, 5.74) is 1.61. The lowest BCUT2D eigenvalue weighted by Gasteiger charge is -2.27. The van der Waals surface area contributed by atoms with Crippen molar-refractivity contribution in [1.82, 2.24) is 4.90 Å². The average Bonchev–Trinajstić information content (AvgIpc) is 2.69. The van der Waals surface area contributed by atoms with Gasteiger partial charge in [0.2, 0.25) is 0 Å². The molecular formula is C22H25ClN2O2. The molecule has 3 rings (SSSR count). The summed E-state index contributed by atoms with van der Waals surface area (Å²) in [6, 6.07) is 14.0. The summed E-state index contributed by atoms with van der Waals surface area (Å²) in [6.45, 7) is 0.766. The van der Waals surface area contributed by atoms with Gasteiger partial charge in [0.25, 0.3) is 11.8 Å². The Hall–Kier alpha value is -2.33. The molecule has 1 N–H and O–H groups in total. The number of nitrogens with zero attached hydrogens (tertiary/aromatic N) is 1. The van der Waals surface area contributed by atoms with Crippen LogP contribution in [0.15, 0.2) is 48.5 Å². The molecule has 0 aromatic heterocycles. The molecule has 27 heavy (non-hydrogen) atoms. The van der Waals surface area contributed by atoms with E-state index in [1.165, 1.54) is 32.1 Å². The Morgan fingerprint density at radius 3 is 2.44 bits per heavy atom. The molecule has 1 saturated carbocycles. The molecular weight excluding hydrogens is 360 g/mol. The van der Waals surface area contributed by atoms with Crippen molar-refractivity contribution in [3.8, 4) is 0 Å². The normalized spacial score (nSPS) is 14.6.